The molecule has 0 spiro atoms. The molecule has 4 heterocycles. The first-order valence-electron chi connectivity index (χ1n) is 15.8. The fraction of sp³-hybridized carbons (Fsp3) is 0.500. The molecule has 1 atom stereocenters. The van der Waals surface area contributed by atoms with Crippen LogP contribution in [0.5, 0.6) is 5.75 Å². The van der Waals surface area contributed by atoms with Gasteiger partial charge in [0.2, 0.25) is 5.60 Å². The van der Waals surface area contributed by atoms with Gasteiger partial charge >= 0.3 is 18.0 Å². The molecule has 2 aliphatic heterocycles. The van der Waals surface area contributed by atoms with Crippen LogP contribution in [0, 0.1) is 0 Å². The molecule has 0 saturated heterocycles. The molecule has 0 aliphatic carbocycles. The highest BCUT2D eigenvalue weighted by Gasteiger charge is 2.50. The molecule has 5 rings (SSSR count). The van der Waals surface area contributed by atoms with Gasteiger partial charge in [0.05, 0.1) is 29.0 Å². The van der Waals surface area contributed by atoms with Crippen molar-refractivity contribution in [2.45, 2.75) is 103 Å². The molecule has 46 heavy (non-hydrogen) atoms. The van der Waals surface area contributed by atoms with Crippen molar-refractivity contribution in [3.63, 3.8) is 0 Å². The van der Waals surface area contributed by atoms with Gasteiger partial charge in [0, 0.05) is 37.6 Å². The lowest BCUT2D eigenvalue weighted by Gasteiger charge is -2.35. The Kier molecular flexibility index (Phi) is 8.80. The summed E-state index contributed by atoms with van der Waals surface area (Å²) in [7, 11) is -1.44. The molecule has 3 aromatic rings. The number of alkyl carbamates (subject to hydrolysis) is 1. The fourth-order valence-corrected chi connectivity index (χ4v) is 7.08. The highest BCUT2D eigenvalue weighted by Crippen LogP contribution is 2.43. The molecule has 1 aromatic carbocycles. The van der Waals surface area contributed by atoms with E-state index in [1.54, 1.807) is 56.5 Å². The lowest BCUT2D eigenvalue weighted by atomic mass is 9.85. The van der Waals surface area contributed by atoms with Crippen LogP contribution in [0.15, 0.2) is 29.1 Å². The van der Waals surface area contributed by atoms with E-state index in [2.05, 4.69) is 25.0 Å². The number of phenolic OH excluding ortho intramolecular Hbond substituents is 1. The number of aromatic nitrogens is 2. The summed E-state index contributed by atoms with van der Waals surface area (Å²) in [5, 5.41) is 13.8. The van der Waals surface area contributed by atoms with E-state index in [0.717, 1.165) is 29.0 Å². The number of esters is 2. The number of hydrogen-bond donors (Lipinski definition) is 2. The minimum atomic E-state index is -1.80. The summed E-state index contributed by atoms with van der Waals surface area (Å²) in [5.41, 5.74) is 1.68. The predicted molar refractivity (Wildman–Crippen MR) is 175 cm³/mol. The van der Waals surface area contributed by atoms with Crippen LogP contribution >= 0.6 is 0 Å². The number of carbonyl (C=O) groups is 3. The molecule has 2 N–H and O–H groups in total. The van der Waals surface area contributed by atoms with Gasteiger partial charge in [0.15, 0.2) is 0 Å². The van der Waals surface area contributed by atoms with E-state index in [-0.39, 0.29) is 49.3 Å². The molecule has 246 valence electrons. The van der Waals surface area contributed by atoms with Crippen LogP contribution in [-0.2, 0) is 49.0 Å². The smallest absolute Gasteiger partial charge is 0.407 e. The zero-order chi connectivity index (χ0) is 33.6. The molecule has 0 saturated carbocycles. The maximum atomic E-state index is 14.0. The molecule has 1 amide bonds. The quantitative estimate of drug-likeness (QED) is 0.104. The van der Waals surface area contributed by atoms with Gasteiger partial charge in [0.1, 0.15) is 18.0 Å². The SMILES string of the molecule is CCC1(OC(=O)CCCNC(=O)OC(C)(C)C)C(=O)OCc2c1cc1n(c2=O)Cc2c-1nc1ccc(O)cc1c2CC[Si](C)(C)C. The fourth-order valence-electron chi connectivity index (χ4n) is 6.08. The highest BCUT2D eigenvalue weighted by atomic mass is 28.3. The summed E-state index contributed by atoms with van der Waals surface area (Å²) < 4.78 is 18.2. The normalized spacial score (nSPS) is 17.2. The molecule has 2 aliphatic rings. The van der Waals surface area contributed by atoms with Crippen molar-refractivity contribution >= 4 is 37.0 Å². The van der Waals surface area contributed by atoms with Crippen LogP contribution in [0.1, 0.15) is 69.2 Å². The Balaban J connectivity index is 1.49. The predicted octanol–water partition coefficient (Wildman–Crippen LogP) is 5.52. The van der Waals surface area contributed by atoms with Crippen molar-refractivity contribution in [2.75, 3.05) is 6.54 Å². The first-order chi connectivity index (χ1) is 21.5. The summed E-state index contributed by atoms with van der Waals surface area (Å²) in [6, 6.07) is 7.87. The molecule has 12 heteroatoms. The van der Waals surface area contributed by atoms with Gasteiger partial charge in [-0.25, -0.2) is 14.6 Å². The number of ether oxygens (including phenoxy) is 3. The maximum absolute atomic E-state index is 14.0. The summed E-state index contributed by atoms with van der Waals surface area (Å²) in [6.45, 7) is 14.1. The van der Waals surface area contributed by atoms with Crippen molar-refractivity contribution in [2.24, 2.45) is 0 Å². The van der Waals surface area contributed by atoms with Gasteiger partial charge in [-0.3, -0.25) is 9.59 Å². The van der Waals surface area contributed by atoms with Crippen molar-refractivity contribution in [1.29, 1.82) is 0 Å². The standard InChI is InChI=1S/C34H43N3O8Si/c1-8-34(44-28(39)10-9-14-35-32(42)45-33(2,3)4)25-17-27-29-23(18-37(27)30(40)24(25)19-43-31(34)41)21(13-15-46(5,6)7)22-16-20(38)11-12-26(22)36-29/h11-12,16-17,38H,8-10,13-15,18-19H2,1-7H3,(H,35,42). The number of aryl methyl sites for hydroxylation is 1. The number of hydrogen-bond acceptors (Lipinski definition) is 9. The third-order valence-corrected chi connectivity index (χ3v) is 10.1. The lowest BCUT2D eigenvalue weighted by molar-refractivity contribution is -0.189. The molecule has 11 nitrogen and oxygen atoms in total. The van der Waals surface area contributed by atoms with Gasteiger partial charge in [-0.1, -0.05) is 32.6 Å². The van der Waals surface area contributed by atoms with Gasteiger partial charge in [-0.15, -0.1) is 0 Å². The Morgan fingerprint density at radius 3 is 2.57 bits per heavy atom. The zero-order valence-electron chi connectivity index (χ0n) is 27.7. The third-order valence-electron chi connectivity index (χ3n) is 8.40. The molecular formula is C34H43N3O8Si. The molecule has 2 aromatic heterocycles. The van der Waals surface area contributed by atoms with Crippen molar-refractivity contribution in [3.8, 4) is 17.1 Å². The van der Waals surface area contributed by atoms with Crippen LogP contribution in [0.3, 0.4) is 0 Å². The highest BCUT2D eigenvalue weighted by molar-refractivity contribution is 6.76. The molecule has 0 bridgehead atoms. The van der Waals surface area contributed by atoms with Crippen LogP contribution in [0.25, 0.3) is 22.3 Å². The summed E-state index contributed by atoms with van der Waals surface area (Å²) >= 11 is 0. The van der Waals surface area contributed by atoms with E-state index >= 15 is 0 Å². The average molecular weight is 650 g/mol. The van der Waals surface area contributed by atoms with Crippen LogP contribution in [0.2, 0.25) is 25.7 Å². The minimum absolute atomic E-state index is 0.0579. The van der Waals surface area contributed by atoms with Crippen molar-refractivity contribution in [3.05, 3.63) is 56.9 Å². The Morgan fingerprint density at radius 1 is 1.15 bits per heavy atom. The largest absolute Gasteiger partial charge is 0.508 e. The second kappa shape index (κ2) is 12.2. The molecular weight excluding hydrogens is 606 g/mol. The number of benzene rings is 1. The lowest BCUT2D eigenvalue weighted by Crippen LogP contribution is -2.47. The third kappa shape index (κ3) is 6.53. The van der Waals surface area contributed by atoms with Crippen LogP contribution in [0.4, 0.5) is 4.79 Å². The van der Waals surface area contributed by atoms with E-state index < -0.39 is 37.3 Å². The summed E-state index contributed by atoms with van der Waals surface area (Å²) in [4.78, 5) is 57.4. The number of amides is 1. The van der Waals surface area contributed by atoms with Crippen LogP contribution < -0.4 is 10.9 Å². The average Bonchev–Trinajstić information content (AvgIpc) is 3.32. The van der Waals surface area contributed by atoms with E-state index in [0.29, 0.717) is 29.0 Å². The zero-order valence-corrected chi connectivity index (χ0v) is 28.7. The monoisotopic (exact) mass is 649 g/mol. The maximum Gasteiger partial charge on any atom is 0.407 e. The summed E-state index contributed by atoms with van der Waals surface area (Å²) in [5.74, 6) is -1.24. The first-order valence-corrected chi connectivity index (χ1v) is 19.5. The van der Waals surface area contributed by atoms with Gasteiger partial charge in [0.25, 0.3) is 5.56 Å². The van der Waals surface area contributed by atoms with Crippen molar-refractivity contribution in [1.82, 2.24) is 14.9 Å². The second-order valence-electron chi connectivity index (χ2n) is 14.3. The molecule has 0 radical (unpaired) electrons. The Morgan fingerprint density at radius 2 is 1.89 bits per heavy atom. The number of cyclic esters (lactones) is 1. The van der Waals surface area contributed by atoms with Gasteiger partial charge < -0.3 is 29.2 Å². The number of fused-ring (bicyclic) bond motifs is 5. The number of carbonyl (C=O) groups excluding carboxylic acids is 3. The van der Waals surface area contributed by atoms with E-state index in [4.69, 9.17) is 19.2 Å². The Hall–Kier alpha value is -4.19. The van der Waals surface area contributed by atoms with Crippen molar-refractivity contribution < 1.29 is 33.7 Å². The Bertz CT molecular complexity index is 1790. The van der Waals surface area contributed by atoms with Crippen LogP contribution in [-0.4, -0.2) is 52.9 Å². The number of phenols is 1. The summed E-state index contributed by atoms with van der Waals surface area (Å²) in [6.07, 6.45) is 0.430. The number of aromatic hydroxyl groups is 1. The molecule has 1 unspecified atom stereocenters. The van der Waals surface area contributed by atoms with Gasteiger partial charge in [-0.05, 0) is 69.9 Å². The van der Waals surface area contributed by atoms with E-state index in [1.807, 2.05) is 0 Å². The Labute approximate surface area is 269 Å². The second-order valence-corrected chi connectivity index (χ2v) is 19.9. The first kappa shape index (κ1) is 33.2. The topological polar surface area (TPSA) is 146 Å². The number of nitrogens with one attached hydrogen (secondary N) is 1. The minimum Gasteiger partial charge on any atom is -0.508 e. The van der Waals surface area contributed by atoms with Gasteiger partial charge in [-0.2, -0.15) is 0 Å². The van der Waals surface area contributed by atoms with E-state index in [9.17, 15) is 24.3 Å². The molecule has 0 fully saturated rings. The van der Waals surface area contributed by atoms with E-state index in [1.165, 1.54) is 0 Å². The number of pyridine rings is 2. The number of nitrogens with zero attached hydrogens (tertiary/aromatic N) is 2. The number of rotatable bonds is 9.